The number of hydrogen-bond acceptors (Lipinski definition) is 8. The number of pyridine rings is 1. The highest BCUT2D eigenvalue weighted by atomic mass is 16.5. The van der Waals surface area contributed by atoms with Crippen LogP contribution in [-0.4, -0.2) is 27.9 Å². The molecule has 3 N–H and O–H groups in total. The number of hydrogen-bond donors (Lipinski definition) is 3. The van der Waals surface area contributed by atoms with Gasteiger partial charge in [0.15, 0.2) is 11.3 Å². The first-order valence-corrected chi connectivity index (χ1v) is 12.1. The Morgan fingerprint density at radius 3 is 2.59 bits per heavy atom. The highest BCUT2D eigenvalue weighted by molar-refractivity contribution is 5.96. The van der Waals surface area contributed by atoms with Crippen molar-refractivity contribution in [3.63, 3.8) is 0 Å². The van der Waals surface area contributed by atoms with Crippen molar-refractivity contribution in [2.75, 3.05) is 6.61 Å². The average molecular weight is 500 g/mol. The van der Waals surface area contributed by atoms with E-state index >= 15 is 0 Å². The molecule has 0 aliphatic heterocycles. The van der Waals surface area contributed by atoms with Crippen LogP contribution in [0.5, 0.6) is 0 Å². The quantitative estimate of drug-likeness (QED) is 0.217. The second-order valence-electron chi connectivity index (χ2n) is 9.05. The molecule has 0 spiro atoms. The molecule has 2 aromatic heterocycles. The van der Waals surface area contributed by atoms with Crippen LogP contribution in [0.15, 0.2) is 47.6 Å². The zero-order valence-electron chi connectivity index (χ0n) is 21.1. The smallest absolute Gasteiger partial charge is 0.341 e. The molecular weight excluding hydrogens is 470 g/mol. The molecule has 1 aliphatic rings. The number of carbonyl (C=O) groups excluding carboxylic acids is 2. The Hall–Kier alpha value is -4.52. The molecule has 0 saturated heterocycles. The van der Waals surface area contributed by atoms with Crippen molar-refractivity contribution in [2.24, 2.45) is 5.11 Å². The summed E-state index contributed by atoms with van der Waals surface area (Å²) < 4.78 is 7.06. The van der Waals surface area contributed by atoms with Crippen LogP contribution in [0.3, 0.4) is 0 Å². The minimum Gasteiger partial charge on any atom is -0.462 e. The molecule has 10 nitrogen and oxygen atoms in total. The molecule has 1 aliphatic carbocycles. The van der Waals surface area contributed by atoms with E-state index in [0.717, 1.165) is 35.1 Å². The summed E-state index contributed by atoms with van der Waals surface area (Å²) in [6, 6.07) is 7.54. The lowest BCUT2D eigenvalue weighted by Crippen LogP contribution is -2.25. The van der Waals surface area contributed by atoms with E-state index in [2.05, 4.69) is 26.8 Å². The fourth-order valence-corrected chi connectivity index (χ4v) is 4.25. The van der Waals surface area contributed by atoms with Gasteiger partial charge in [0.25, 0.3) is 5.91 Å². The summed E-state index contributed by atoms with van der Waals surface area (Å²) >= 11 is 0. The van der Waals surface area contributed by atoms with Crippen LogP contribution in [0.2, 0.25) is 0 Å². The van der Waals surface area contributed by atoms with Gasteiger partial charge >= 0.3 is 5.97 Å². The van der Waals surface area contributed by atoms with E-state index in [1.54, 1.807) is 19.1 Å². The molecule has 2 heterocycles. The summed E-state index contributed by atoms with van der Waals surface area (Å²) in [5.41, 5.74) is 13.3. The molecule has 0 bridgehead atoms. The van der Waals surface area contributed by atoms with Gasteiger partial charge in [-0.25, -0.2) is 15.3 Å². The number of aryl methyl sites for hydroxylation is 2. The highest BCUT2D eigenvalue weighted by Crippen LogP contribution is 2.40. The van der Waals surface area contributed by atoms with E-state index in [1.807, 2.05) is 36.7 Å². The number of amides is 1. The molecular formula is C27H29N7O3. The number of nitrogens with one attached hydrogen (secondary N) is 3. The van der Waals surface area contributed by atoms with Crippen molar-refractivity contribution < 1.29 is 14.3 Å². The number of esters is 1. The maximum Gasteiger partial charge on any atom is 0.341 e. The number of carbonyl (C=O) groups is 2. The van der Waals surface area contributed by atoms with Gasteiger partial charge in [0, 0.05) is 25.1 Å². The van der Waals surface area contributed by atoms with Crippen LogP contribution in [-0.2, 0) is 22.6 Å². The predicted octanol–water partition coefficient (Wildman–Crippen LogP) is 4.16. The zero-order valence-corrected chi connectivity index (χ0v) is 21.1. The lowest BCUT2D eigenvalue weighted by molar-refractivity contribution is -0.117. The molecule has 0 radical (unpaired) electrons. The molecule has 1 fully saturated rings. The molecule has 37 heavy (non-hydrogen) atoms. The molecule has 10 heteroatoms. The maximum absolute atomic E-state index is 12.6. The minimum absolute atomic E-state index is 0.0871. The second kappa shape index (κ2) is 11.0. The Morgan fingerprint density at radius 1 is 1.24 bits per heavy atom. The Balaban J connectivity index is 1.44. The van der Waals surface area contributed by atoms with Crippen molar-refractivity contribution >= 4 is 17.5 Å². The topological polar surface area (TPSA) is 145 Å². The third-order valence-corrected chi connectivity index (χ3v) is 6.29. The Kier molecular flexibility index (Phi) is 7.63. The first-order valence-electron chi connectivity index (χ1n) is 12.1. The SMILES string of the molecule is CCOC(=O)c1cc(C2CC2)cn2cc(CN/C=C(\N=N)C(=O)NCc3c(C)cc(C#N)cc3C)nc12. The van der Waals surface area contributed by atoms with Gasteiger partial charge in [0.1, 0.15) is 5.56 Å². The normalized spacial score (nSPS) is 13.2. The average Bonchev–Trinajstić information content (AvgIpc) is 3.65. The maximum atomic E-state index is 12.6. The van der Waals surface area contributed by atoms with Gasteiger partial charge < -0.3 is 19.8 Å². The summed E-state index contributed by atoms with van der Waals surface area (Å²) in [6.45, 7) is 6.34. The van der Waals surface area contributed by atoms with Gasteiger partial charge in [0.2, 0.25) is 0 Å². The van der Waals surface area contributed by atoms with E-state index in [0.29, 0.717) is 28.4 Å². The summed E-state index contributed by atoms with van der Waals surface area (Å²) in [7, 11) is 0. The molecule has 0 atom stereocenters. The lowest BCUT2D eigenvalue weighted by atomic mass is 9.99. The Morgan fingerprint density at radius 2 is 1.97 bits per heavy atom. The van der Waals surface area contributed by atoms with E-state index in [9.17, 15) is 9.59 Å². The third-order valence-electron chi connectivity index (χ3n) is 6.29. The summed E-state index contributed by atoms with van der Waals surface area (Å²) in [6.07, 6.45) is 7.40. The van der Waals surface area contributed by atoms with Crippen molar-refractivity contribution in [1.82, 2.24) is 20.0 Å². The number of nitrogens with zero attached hydrogens (tertiary/aromatic N) is 4. The largest absolute Gasteiger partial charge is 0.462 e. The first kappa shape index (κ1) is 25.6. The Labute approximate surface area is 214 Å². The van der Waals surface area contributed by atoms with Gasteiger partial charge in [-0.2, -0.15) is 10.4 Å². The molecule has 190 valence electrons. The van der Waals surface area contributed by atoms with Gasteiger partial charge in [-0.1, -0.05) is 0 Å². The number of rotatable bonds is 10. The van der Waals surface area contributed by atoms with Gasteiger partial charge in [-0.15, -0.1) is 0 Å². The summed E-state index contributed by atoms with van der Waals surface area (Å²) in [5, 5.41) is 18.2. The fraction of sp³-hybridized carbons (Fsp3) is 0.333. The molecule has 0 unspecified atom stereocenters. The molecule has 3 aromatic rings. The van der Waals surface area contributed by atoms with E-state index in [1.165, 1.54) is 6.20 Å². The van der Waals surface area contributed by atoms with Crippen LogP contribution in [0.25, 0.3) is 5.65 Å². The number of ether oxygens (including phenoxy) is 1. The molecule has 1 amide bonds. The minimum atomic E-state index is -0.501. The van der Waals surface area contributed by atoms with Crippen LogP contribution in [0, 0.1) is 30.7 Å². The van der Waals surface area contributed by atoms with E-state index in [4.69, 9.17) is 15.5 Å². The first-order chi connectivity index (χ1) is 17.8. The summed E-state index contributed by atoms with van der Waals surface area (Å²) in [5.74, 6) is -0.444. The zero-order chi connectivity index (χ0) is 26.5. The van der Waals surface area contributed by atoms with E-state index in [-0.39, 0.29) is 25.4 Å². The number of imidazole rings is 1. The van der Waals surface area contributed by atoms with Crippen molar-refractivity contribution in [2.45, 2.75) is 52.6 Å². The standard InChI is InChI=1S/C27H29N7O3/c1-4-37-27(36)22-9-20(19-5-6-19)14-34-15-21(32-25(22)34)11-30-13-24(33-29)26(35)31-12-23-16(2)7-18(10-28)8-17(23)3/h7-9,13-15,19,29-30H,4-6,11-12H2,1-3H3,(H,31,35)/b24-13-,33-29?. The van der Waals surface area contributed by atoms with E-state index < -0.39 is 11.9 Å². The highest BCUT2D eigenvalue weighted by Gasteiger charge is 2.26. The van der Waals surface area contributed by atoms with Gasteiger partial charge in [-0.3, -0.25) is 4.79 Å². The fourth-order valence-electron chi connectivity index (χ4n) is 4.25. The molecule has 4 rings (SSSR count). The van der Waals surface area contributed by atoms with Crippen LogP contribution >= 0.6 is 0 Å². The van der Waals surface area contributed by atoms with Crippen LogP contribution in [0.4, 0.5) is 0 Å². The molecule has 1 saturated carbocycles. The molecule has 1 aromatic carbocycles. The number of aromatic nitrogens is 2. The second-order valence-corrected chi connectivity index (χ2v) is 9.05. The van der Waals surface area contributed by atoms with Crippen molar-refractivity contribution in [3.05, 3.63) is 81.6 Å². The third kappa shape index (κ3) is 5.83. The monoisotopic (exact) mass is 499 g/mol. The number of fused-ring (bicyclic) bond motifs is 1. The van der Waals surface area contributed by atoms with Crippen molar-refractivity contribution in [1.29, 1.82) is 10.8 Å². The number of benzene rings is 1. The van der Waals surface area contributed by atoms with Gasteiger partial charge in [0.05, 0.1) is 30.5 Å². The van der Waals surface area contributed by atoms with Gasteiger partial charge in [-0.05, 0) is 80.0 Å². The van der Waals surface area contributed by atoms with Crippen LogP contribution in [0.1, 0.15) is 69.6 Å². The summed E-state index contributed by atoms with van der Waals surface area (Å²) in [4.78, 5) is 29.7. The Bertz CT molecular complexity index is 1420. The predicted molar refractivity (Wildman–Crippen MR) is 136 cm³/mol. The lowest BCUT2D eigenvalue weighted by Gasteiger charge is -2.11. The number of nitriles is 1. The van der Waals surface area contributed by atoms with Crippen molar-refractivity contribution in [3.8, 4) is 6.07 Å². The van der Waals surface area contributed by atoms with Crippen LogP contribution < -0.4 is 10.6 Å².